The smallest absolute Gasteiger partial charge is 0.276 e. The molecule has 16 heavy (non-hydrogen) atoms. The van der Waals surface area contributed by atoms with Crippen molar-refractivity contribution in [1.82, 2.24) is 5.48 Å². The lowest BCUT2D eigenvalue weighted by molar-refractivity contribution is -0.122. The molecule has 0 aromatic heterocycles. The maximum atomic E-state index is 11.0. The molecule has 2 aromatic rings. The first kappa shape index (κ1) is 10.2. The first-order valence-electron chi connectivity index (χ1n) is 4.88. The fourth-order valence-electron chi connectivity index (χ4n) is 1.43. The predicted molar refractivity (Wildman–Crippen MR) is 62.9 cm³/mol. The van der Waals surface area contributed by atoms with Crippen LogP contribution in [0.4, 0.5) is 0 Å². The van der Waals surface area contributed by atoms with E-state index in [0.29, 0.717) is 5.75 Å². The Morgan fingerprint density at radius 1 is 1.19 bits per heavy atom. The fourth-order valence-corrected chi connectivity index (χ4v) is 1.43. The zero-order chi connectivity index (χ0) is 11.4. The van der Waals surface area contributed by atoms with Crippen LogP contribution in [0.3, 0.4) is 0 Å². The standard InChI is InChI=1S/C13H11NO2/c1-2-13(15)14-16-12-9-5-7-10-6-3-4-8-11(10)12/h2-9H,1H2,(H,14,15). The molecule has 2 aromatic carbocycles. The van der Waals surface area contributed by atoms with E-state index in [1.807, 2.05) is 36.4 Å². The molecule has 0 saturated carbocycles. The molecule has 0 aliphatic rings. The van der Waals surface area contributed by atoms with E-state index in [1.54, 1.807) is 6.07 Å². The van der Waals surface area contributed by atoms with Crippen molar-refractivity contribution >= 4 is 16.7 Å². The first-order chi connectivity index (χ1) is 7.81. The van der Waals surface area contributed by atoms with Crippen LogP contribution in [0.1, 0.15) is 0 Å². The van der Waals surface area contributed by atoms with Gasteiger partial charge in [0.05, 0.1) is 0 Å². The Labute approximate surface area is 93.3 Å². The van der Waals surface area contributed by atoms with E-state index in [4.69, 9.17) is 4.84 Å². The molecule has 1 amide bonds. The summed E-state index contributed by atoms with van der Waals surface area (Å²) < 4.78 is 0. The number of carbonyl (C=O) groups excluding carboxylic acids is 1. The van der Waals surface area contributed by atoms with Gasteiger partial charge in [-0.25, -0.2) is 0 Å². The molecule has 0 atom stereocenters. The molecular formula is C13H11NO2. The topological polar surface area (TPSA) is 38.3 Å². The molecule has 0 radical (unpaired) electrons. The number of nitrogens with one attached hydrogen (secondary N) is 1. The minimum atomic E-state index is -0.368. The number of amides is 1. The number of carbonyl (C=O) groups is 1. The molecule has 3 nitrogen and oxygen atoms in total. The van der Waals surface area contributed by atoms with Gasteiger partial charge >= 0.3 is 0 Å². The molecule has 0 aliphatic carbocycles. The molecule has 80 valence electrons. The zero-order valence-electron chi connectivity index (χ0n) is 8.64. The van der Waals surface area contributed by atoms with Gasteiger partial charge in [-0.15, -0.1) is 0 Å². The molecule has 0 spiro atoms. The van der Waals surface area contributed by atoms with E-state index in [2.05, 4.69) is 12.1 Å². The number of rotatable bonds is 3. The van der Waals surface area contributed by atoms with Gasteiger partial charge in [-0.3, -0.25) is 4.79 Å². The quantitative estimate of drug-likeness (QED) is 0.628. The van der Waals surface area contributed by atoms with Crippen molar-refractivity contribution < 1.29 is 9.63 Å². The van der Waals surface area contributed by atoms with Gasteiger partial charge in [-0.05, 0) is 17.5 Å². The molecule has 0 unspecified atom stereocenters. The maximum absolute atomic E-state index is 11.0. The molecule has 0 bridgehead atoms. The summed E-state index contributed by atoms with van der Waals surface area (Å²) in [5.74, 6) is 0.251. The fraction of sp³-hybridized carbons (Fsp3) is 0. The Kier molecular flexibility index (Phi) is 2.87. The molecule has 0 saturated heterocycles. The van der Waals surface area contributed by atoms with Crippen LogP contribution in [0.2, 0.25) is 0 Å². The van der Waals surface area contributed by atoms with Crippen molar-refractivity contribution in [3.8, 4) is 5.75 Å². The lowest BCUT2D eigenvalue weighted by atomic mass is 10.1. The summed E-state index contributed by atoms with van der Waals surface area (Å²) >= 11 is 0. The Morgan fingerprint density at radius 3 is 2.75 bits per heavy atom. The van der Waals surface area contributed by atoms with E-state index < -0.39 is 0 Å². The monoisotopic (exact) mass is 213 g/mol. The van der Waals surface area contributed by atoms with E-state index >= 15 is 0 Å². The van der Waals surface area contributed by atoms with Gasteiger partial charge in [-0.2, -0.15) is 5.48 Å². The lowest BCUT2D eigenvalue weighted by Gasteiger charge is -2.07. The summed E-state index contributed by atoms with van der Waals surface area (Å²) in [4.78, 5) is 16.2. The number of hydrogen-bond acceptors (Lipinski definition) is 2. The summed E-state index contributed by atoms with van der Waals surface area (Å²) in [6.45, 7) is 3.34. The Bertz CT molecular complexity index is 529. The van der Waals surface area contributed by atoms with Crippen LogP contribution in [0.5, 0.6) is 5.75 Å². The second kappa shape index (κ2) is 4.49. The minimum absolute atomic E-state index is 0.368. The van der Waals surface area contributed by atoms with Gasteiger partial charge in [0.15, 0.2) is 5.75 Å². The van der Waals surface area contributed by atoms with Crippen molar-refractivity contribution in [2.45, 2.75) is 0 Å². The first-order valence-corrected chi connectivity index (χ1v) is 4.88. The Balaban J connectivity index is 2.30. The highest BCUT2D eigenvalue weighted by molar-refractivity contribution is 5.89. The Morgan fingerprint density at radius 2 is 1.94 bits per heavy atom. The highest BCUT2D eigenvalue weighted by atomic mass is 16.7. The summed E-state index contributed by atoms with van der Waals surface area (Å²) in [5, 5.41) is 2.02. The van der Waals surface area contributed by atoms with Crippen molar-refractivity contribution in [2.75, 3.05) is 0 Å². The minimum Gasteiger partial charge on any atom is -0.379 e. The lowest BCUT2D eigenvalue weighted by Crippen LogP contribution is -2.24. The SMILES string of the molecule is C=CC(=O)NOc1cccc2ccccc12. The summed E-state index contributed by atoms with van der Waals surface area (Å²) in [6, 6.07) is 13.4. The van der Waals surface area contributed by atoms with Crippen LogP contribution in [0, 0.1) is 0 Å². The number of hydrogen-bond donors (Lipinski definition) is 1. The Hall–Kier alpha value is -2.29. The van der Waals surface area contributed by atoms with Crippen molar-refractivity contribution in [3.05, 3.63) is 55.1 Å². The molecule has 1 N–H and O–H groups in total. The number of hydroxylamine groups is 1. The second-order valence-corrected chi connectivity index (χ2v) is 3.25. The third-order valence-corrected chi connectivity index (χ3v) is 2.20. The van der Waals surface area contributed by atoms with Crippen molar-refractivity contribution in [2.24, 2.45) is 0 Å². The van der Waals surface area contributed by atoms with Gasteiger partial charge in [-0.1, -0.05) is 43.0 Å². The normalized spacial score (nSPS) is 9.75. The van der Waals surface area contributed by atoms with E-state index in [0.717, 1.165) is 16.8 Å². The highest BCUT2D eigenvalue weighted by Crippen LogP contribution is 2.24. The molecule has 0 aliphatic heterocycles. The van der Waals surface area contributed by atoms with Crippen LogP contribution in [-0.4, -0.2) is 5.91 Å². The van der Waals surface area contributed by atoms with Gasteiger partial charge in [0.25, 0.3) is 5.91 Å². The highest BCUT2D eigenvalue weighted by Gasteiger charge is 2.02. The summed E-state index contributed by atoms with van der Waals surface area (Å²) in [6.07, 6.45) is 1.16. The zero-order valence-corrected chi connectivity index (χ0v) is 8.64. The summed E-state index contributed by atoms with van der Waals surface area (Å²) in [5.41, 5.74) is 2.28. The third kappa shape index (κ3) is 2.03. The van der Waals surface area contributed by atoms with Gasteiger partial charge in [0, 0.05) is 5.39 Å². The van der Waals surface area contributed by atoms with E-state index in [1.165, 1.54) is 0 Å². The average Bonchev–Trinajstić information content (AvgIpc) is 2.35. The van der Waals surface area contributed by atoms with E-state index in [-0.39, 0.29) is 5.91 Å². The van der Waals surface area contributed by atoms with Gasteiger partial charge in [0.2, 0.25) is 0 Å². The van der Waals surface area contributed by atoms with Gasteiger partial charge < -0.3 is 4.84 Å². The van der Waals surface area contributed by atoms with Crippen molar-refractivity contribution in [3.63, 3.8) is 0 Å². The number of benzene rings is 2. The summed E-state index contributed by atoms with van der Waals surface area (Å²) in [7, 11) is 0. The molecule has 0 fully saturated rings. The molecule has 2 rings (SSSR count). The molecule has 0 heterocycles. The van der Waals surface area contributed by atoms with Crippen LogP contribution >= 0.6 is 0 Å². The average molecular weight is 213 g/mol. The van der Waals surface area contributed by atoms with E-state index in [9.17, 15) is 4.79 Å². The second-order valence-electron chi connectivity index (χ2n) is 3.25. The predicted octanol–water partition coefficient (Wildman–Crippen LogP) is 2.44. The molecule has 3 heteroatoms. The maximum Gasteiger partial charge on any atom is 0.276 e. The van der Waals surface area contributed by atoms with Crippen LogP contribution in [0.25, 0.3) is 10.8 Å². The third-order valence-electron chi connectivity index (χ3n) is 2.20. The van der Waals surface area contributed by atoms with Crippen LogP contribution < -0.4 is 10.3 Å². The largest absolute Gasteiger partial charge is 0.379 e. The van der Waals surface area contributed by atoms with Crippen LogP contribution in [0.15, 0.2) is 55.1 Å². The van der Waals surface area contributed by atoms with Crippen molar-refractivity contribution in [1.29, 1.82) is 0 Å². The molecular weight excluding hydrogens is 202 g/mol. The van der Waals surface area contributed by atoms with Crippen LogP contribution in [-0.2, 0) is 4.79 Å². The number of fused-ring (bicyclic) bond motifs is 1. The van der Waals surface area contributed by atoms with Gasteiger partial charge in [0.1, 0.15) is 0 Å².